The highest BCUT2D eigenvalue weighted by Crippen LogP contribution is 2.04. The number of rotatable bonds is 6. The summed E-state index contributed by atoms with van der Waals surface area (Å²) in [6.07, 6.45) is 6.75. The lowest BCUT2D eigenvalue weighted by atomic mass is 10.1. The van der Waals surface area contributed by atoms with E-state index in [4.69, 9.17) is 11.5 Å². The first kappa shape index (κ1) is 11.7. The molecule has 2 heteroatoms. The van der Waals surface area contributed by atoms with E-state index in [1.54, 1.807) is 0 Å². The summed E-state index contributed by atoms with van der Waals surface area (Å²) >= 11 is 0. The number of hydrogen-bond acceptors (Lipinski definition) is 2. The molecule has 0 bridgehead atoms. The first-order chi connectivity index (χ1) is 5.66. The summed E-state index contributed by atoms with van der Waals surface area (Å²) in [5, 5.41) is 0. The molecule has 0 radical (unpaired) electrons. The van der Waals surface area contributed by atoms with E-state index in [1.807, 2.05) is 0 Å². The van der Waals surface area contributed by atoms with Crippen molar-refractivity contribution < 1.29 is 0 Å². The van der Waals surface area contributed by atoms with Crippen molar-refractivity contribution in [1.82, 2.24) is 0 Å². The Morgan fingerprint density at radius 3 is 2.42 bits per heavy atom. The highest BCUT2D eigenvalue weighted by molar-refractivity contribution is 4.99. The smallest absolute Gasteiger partial charge is 0.0226 e. The van der Waals surface area contributed by atoms with E-state index < -0.39 is 0 Å². The molecule has 1 atom stereocenters. The zero-order valence-corrected chi connectivity index (χ0v) is 8.34. The fourth-order valence-corrected chi connectivity index (χ4v) is 1.21. The van der Waals surface area contributed by atoms with Gasteiger partial charge in [0.25, 0.3) is 0 Å². The molecule has 4 N–H and O–H groups in total. The van der Waals surface area contributed by atoms with Gasteiger partial charge < -0.3 is 11.5 Å². The molecule has 0 aromatic carbocycles. The second-order valence-electron chi connectivity index (χ2n) is 3.55. The van der Waals surface area contributed by atoms with E-state index in [0.717, 1.165) is 19.4 Å². The molecule has 0 aliphatic rings. The second-order valence-corrected chi connectivity index (χ2v) is 3.55. The molecule has 0 fully saturated rings. The van der Waals surface area contributed by atoms with Crippen molar-refractivity contribution in [2.24, 2.45) is 11.5 Å². The van der Waals surface area contributed by atoms with Gasteiger partial charge in [0.1, 0.15) is 0 Å². The van der Waals surface area contributed by atoms with Crippen molar-refractivity contribution in [3.05, 3.63) is 11.6 Å². The Balaban J connectivity index is 3.32. The molecule has 0 amide bonds. The van der Waals surface area contributed by atoms with E-state index >= 15 is 0 Å². The number of unbranched alkanes of at least 4 members (excludes halogenated alkanes) is 2. The second kappa shape index (κ2) is 7.32. The van der Waals surface area contributed by atoms with Crippen LogP contribution < -0.4 is 11.5 Å². The van der Waals surface area contributed by atoms with Crippen LogP contribution in [0.5, 0.6) is 0 Å². The van der Waals surface area contributed by atoms with Crippen molar-refractivity contribution in [1.29, 1.82) is 0 Å². The largest absolute Gasteiger partial charge is 0.330 e. The molecule has 0 saturated carbocycles. The van der Waals surface area contributed by atoms with E-state index in [9.17, 15) is 0 Å². The predicted octanol–water partition coefficient (Wildman–Crippen LogP) is 1.80. The molecule has 0 spiro atoms. The van der Waals surface area contributed by atoms with Crippen molar-refractivity contribution >= 4 is 0 Å². The lowest BCUT2D eigenvalue weighted by Gasteiger charge is -2.06. The van der Waals surface area contributed by atoms with Gasteiger partial charge in [0.05, 0.1) is 0 Å². The van der Waals surface area contributed by atoms with Gasteiger partial charge >= 0.3 is 0 Å². The molecular formula is C10H22N2. The monoisotopic (exact) mass is 170 g/mol. The first-order valence-electron chi connectivity index (χ1n) is 4.77. The van der Waals surface area contributed by atoms with E-state index in [1.165, 1.54) is 18.4 Å². The SMILES string of the molecule is CC(C)=CC(N)CCCCCN. The van der Waals surface area contributed by atoms with Gasteiger partial charge in [0.15, 0.2) is 0 Å². The molecule has 72 valence electrons. The van der Waals surface area contributed by atoms with Crippen molar-refractivity contribution in [2.45, 2.75) is 45.6 Å². The molecule has 0 rings (SSSR count). The normalized spacial score (nSPS) is 12.7. The number of hydrogen-bond donors (Lipinski definition) is 2. The minimum Gasteiger partial charge on any atom is -0.330 e. The summed E-state index contributed by atoms with van der Waals surface area (Å²) in [7, 11) is 0. The van der Waals surface area contributed by atoms with Gasteiger partial charge in [-0.3, -0.25) is 0 Å². The maximum absolute atomic E-state index is 5.85. The number of allylic oxidation sites excluding steroid dienone is 1. The van der Waals surface area contributed by atoms with Crippen LogP contribution in [-0.4, -0.2) is 12.6 Å². The summed E-state index contributed by atoms with van der Waals surface area (Å²) < 4.78 is 0. The Morgan fingerprint density at radius 2 is 1.92 bits per heavy atom. The average Bonchev–Trinajstić information content (AvgIpc) is 1.97. The highest BCUT2D eigenvalue weighted by atomic mass is 14.6. The van der Waals surface area contributed by atoms with Crippen LogP contribution in [0.3, 0.4) is 0 Å². The lowest BCUT2D eigenvalue weighted by Crippen LogP contribution is -2.16. The van der Waals surface area contributed by atoms with E-state index in [0.29, 0.717) is 0 Å². The Morgan fingerprint density at radius 1 is 1.25 bits per heavy atom. The van der Waals surface area contributed by atoms with Gasteiger partial charge in [-0.25, -0.2) is 0 Å². The van der Waals surface area contributed by atoms with E-state index in [-0.39, 0.29) is 6.04 Å². The molecule has 2 nitrogen and oxygen atoms in total. The van der Waals surface area contributed by atoms with Crippen molar-refractivity contribution in [2.75, 3.05) is 6.54 Å². The van der Waals surface area contributed by atoms with E-state index in [2.05, 4.69) is 19.9 Å². The van der Waals surface area contributed by atoms with Crippen LogP contribution in [0.25, 0.3) is 0 Å². The molecular weight excluding hydrogens is 148 g/mol. The first-order valence-corrected chi connectivity index (χ1v) is 4.77. The van der Waals surface area contributed by atoms with Gasteiger partial charge in [-0.15, -0.1) is 0 Å². The van der Waals surface area contributed by atoms with Crippen LogP contribution in [0, 0.1) is 0 Å². The third-order valence-corrected chi connectivity index (χ3v) is 1.79. The fourth-order valence-electron chi connectivity index (χ4n) is 1.21. The third kappa shape index (κ3) is 7.76. The molecule has 0 aliphatic carbocycles. The molecule has 12 heavy (non-hydrogen) atoms. The number of nitrogens with two attached hydrogens (primary N) is 2. The van der Waals surface area contributed by atoms with Crippen LogP contribution in [0.4, 0.5) is 0 Å². The minimum absolute atomic E-state index is 0.243. The Hall–Kier alpha value is -0.340. The van der Waals surface area contributed by atoms with Crippen LogP contribution in [-0.2, 0) is 0 Å². The van der Waals surface area contributed by atoms with Gasteiger partial charge in [0, 0.05) is 6.04 Å². The Bertz CT molecular complexity index is 126. The molecule has 0 saturated heterocycles. The Kier molecular flexibility index (Phi) is 7.11. The predicted molar refractivity (Wildman–Crippen MR) is 54.9 cm³/mol. The molecule has 0 aliphatic heterocycles. The quantitative estimate of drug-likeness (QED) is 0.472. The molecule has 0 aromatic rings. The summed E-state index contributed by atoms with van der Waals surface area (Å²) in [4.78, 5) is 0. The molecule has 0 heterocycles. The highest BCUT2D eigenvalue weighted by Gasteiger charge is 1.97. The average molecular weight is 170 g/mol. The van der Waals surface area contributed by atoms with Crippen LogP contribution in [0.15, 0.2) is 11.6 Å². The zero-order chi connectivity index (χ0) is 9.40. The maximum atomic E-state index is 5.85. The molecule has 1 unspecified atom stereocenters. The fraction of sp³-hybridized carbons (Fsp3) is 0.800. The minimum atomic E-state index is 0.243. The van der Waals surface area contributed by atoms with Gasteiger partial charge in [0.2, 0.25) is 0 Å². The van der Waals surface area contributed by atoms with Gasteiger partial charge in [-0.2, -0.15) is 0 Å². The van der Waals surface area contributed by atoms with Crippen molar-refractivity contribution in [3.63, 3.8) is 0 Å². The third-order valence-electron chi connectivity index (χ3n) is 1.79. The summed E-state index contributed by atoms with van der Waals surface area (Å²) in [5.74, 6) is 0. The van der Waals surface area contributed by atoms with Gasteiger partial charge in [-0.05, 0) is 33.2 Å². The topological polar surface area (TPSA) is 52.0 Å². The van der Waals surface area contributed by atoms with Gasteiger partial charge in [-0.1, -0.05) is 24.5 Å². The van der Waals surface area contributed by atoms with Crippen molar-refractivity contribution in [3.8, 4) is 0 Å². The summed E-state index contributed by atoms with van der Waals surface area (Å²) in [6.45, 7) is 4.97. The maximum Gasteiger partial charge on any atom is 0.0226 e. The zero-order valence-electron chi connectivity index (χ0n) is 8.34. The van der Waals surface area contributed by atoms with Crippen LogP contribution >= 0.6 is 0 Å². The standard InChI is InChI=1S/C10H22N2/c1-9(2)8-10(12)6-4-3-5-7-11/h8,10H,3-7,11-12H2,1-2H3. The summed E-state index contributed by atoms with van der Waals surface area (Å²) in [6, 6.07) is 0.243. The van der Waals surface area contributed by atoms with Crippen LogP contribution in [0.2, 0.25) is 0 Å². The van der Waals surface area contributed by atoms with Crippen LogP contribution in [0.1, 0.15) is 39.5 Å². The Labute approximate surface area is 76.0 Å². The lowest BCUT2D eigenvalue weighted by molar-refractivity contribution is 0.608. The summed E-state index contributed by atoms with van der Waals surface area (Å²) in [5.41, 5.74) is 12.5. The molecule has 0 aromatic heterocycles.